The molecule has 9 radical (unpaired) electrons. The second kappa shape index (κ2) is 203. The summed E-state index contributed by atoms with van der Waals surface area (Å²) < 4.78 is 0. The summed E-state index contributed by atoms with van der Waals surface area (Å²) in [5, 5.41) is 0. The fraction of sp³-hybridized carbons (Fsp3) is 0. The van der Waals surface area contributed by atoms with Gasteiger partial charge in [0.15, 0.2) is 0 Å². The second-order valence-electron chi connectivity index (χ2n) is 0. The van der Waals surface area contributed by atoms with Crippen LogP contribution in [-0.4, -0.2) is 97.2 Å². The third-order valence-electron chi connectivity index (χ3n) is 0. The van der Waals surface area contributed by atoms with E-state index < -0.39 is 0 Å². The maximum absolute atomic E-state index is 0. The van der Waals surface area contributed by atoms with Crippen LogP contribution in [0.2, 0.25) is 0 Å². The van der Waals surface area contributed by atoms with E-state index in [1.807, 2.05) is 0 Å². The Morgan fingerprint density at radius 1 is 1.04 bits per heavy atom. The molecule has 0 spiro atoms. The van der Waals surface area contributed by atoms with Gasteiger partial charge >= 0.3 is 197 Å². The third-order valence-corrected chi connectivity index (χ3v) is 0. The Balaban J connectivity index is 0. The Morgan fingerprint density at radius 2 is 1.04 bits per heavy atom. The van der Waals surface area contributed by atoms with Gasteiger partial charge in [-0.15, -0.1) is 0 Å². The summed E-state index contributed by atoms with van der Waals surface area (Å²) >= 11 is 0. The molecule has 0 aromatic carbocycles. The molecular formula is H13BiCdCeCoCrCuFeGaIrKLiMnMoNaNiPbPdPtRhSnTaThVWYb+2. The van der Waals surface area contributed by atoms with Gasteiger partial charge in [0.05, 0.1) is 0 Å². The van der Waals surface area contributed by atoms with Crippen molar-refractivity contribution in [1.29, 1.82) is 0 Å². The summed E-state index contributed by atoms with van der Waals surface area (Å²) in [6.45, 7) is 0. The van der Waals surface area contributed by atoms with Gasteiger partial charge in [0.1, 0.15) is 0 Å². The molecule has 0 aliphatic heterocycles. The van der Waals surface area contributed by atoms with E-state index in [-0.39, 0.29) is 620 Å². The summed E-state index contributed by atoms with van der Waals surface area (Å²) in [7, 11) is 0. The molecule has 0 fully saturated rings. The SMILES string of the molecule is [BiH3].[Cd].[Ce].[Co].[Cr].[Cu].[Fe].[GaH3].[H-].[Ir].[K+].[Li+].[Mn].[Mo].[Na+].[Ni].[PbH2].[Pd].[Pt].[Rh].[SnH4].[Ta].[Th].[V].[W].[Yb]. The minimum Gasteiger partial charge on any atom is 0 e. The molecule has 0 aliphatic rings. The quantitative estimate of drug-likeness (QED) is 0.212. The first-order valence-corrected chi connectivity index (χ1v) is 0. The Bertz CT molecular complexity index is 122. The monoisotopic (exact) mass is 2800 g/mol. The van der Waals surface area contributed by atoms with Crippen molar-refractivity contribution in [2.24, 2.45) is 0 Å². The Hall–Kier alpha value is 20.0. The summed E-state index contributed by atoms with van der Waals surface area (Å²) in [6, 6.07) is 0. The minimum absolute atomic E-state index is 0. The maximum atomic E-state index is 0. The van der Waals surface area contributed by atoms with Crippen molar-refractivity contribution in [3.8, 4) is 0 Å². The molecule has 0 aliphatic carbocycles. The molecule has 0 saturated heterocycles. The van der Waals surface area contributed by atoms with E-state index in [1.54, 1.807) is 0 Å². The first kappa shape index (κ1) is 218. The molecule has 25 heteroatoms. The van der Waals surface area contributed by atoms with E-state index in [0.717, 1.165) is 0 Å². The van der Waals surface area contributed by atoms with E-state index in [9.17, 15) is 0 Å². The van der Waals surface area contributed by atoms with Crippen molar-refractivity contribution in [2.45, 2.75) is 0 Å². The molecule has 0 aromatic rings. The van der Waals surface area contributed by atoms with E-state index in [1.165, 1.54) is 0 Å². The summed E-state index contributed by atoms with van der Waals surface area (Å²) in [5.41, 5.74) is 0. The van der Waals surface area contributed by atoms with Crippen molar-refractivity contribution in [3.05, 3.63) is 0 Å². The van der Waals surface area contributed by atoms with Crippen LogP contribution in [0.5, 0.6) is 0 Å². The number of hydrogen-bond acceptors (Lipinski definition) is 0. The predicted octanol–water partition coefficient (Wildman–Crippen LogP) is -13.6. The molecular weight excluding hydrogens is 2780 g/mol. The van der Waals surface area contributed by atoms with Crippen LogP contribution >= 0.6 is 0 Å². The minimum atomic E-state index is 0. The van der Waals surface area contributed by atoms with E-state index in [4.69, 9.17) is 0 Å². The molecule has 0 unspecified atom stereocenters. The van der Waals surface area contributed by atoms with Crippen molar-refractivity contribution < 1.29 is 523 Å². The van der Waals surface area contributed by atoms with E-state index in [0.29, 0.717) is 0 Å². The molecule has 165 valence electrons. The van der Waals surface area contributed by atoms with Crippen molar-refractivity contribution in [1.82, 2.24) is 0 Å². The zero-order valence-corrected chi connectivity index (χ0v) is 64.5. The van der Waals surface area contributed by atoms with Crippen LogP contribution in [0.15, 0.2) is 0 Å². The molecule has 0 amide bonds. The van der Waals surface area contributed by atoms with Gasteiger partial charge in [-0.05, 0) is 0 Å². The average Bonchev–Trinajstić information content (AvgIpc) is 0. The predicted molar refractivity (Wildman–Crippen MR) is 40.9 cm³/mol. The Labute approximate surface area is 599 Å². The fourth-order valence-electron chi connectivity index (χ4n) is 0. The van der Waals surface area contributed by atoms with Crippen molar-refractivity contribution in [3.63, 3.8) is 0 Å². The number of rotatable bonds is 0. The van der Waals surface area contributed by atoms with Crippen LogP contribution in [0.3, 0.4) is 0 Å². The summed E-state index contributed by atoms with van der Waals surface area (Å²) in [5.74, 6) is 0. The van der Waals surface area contributed by atoms with Gasteiger partial charge in [-0.3, -0.25) is 0 Å². The van der Waals surface area contributed by atoms with Gasteiger partial charge in [0.2, 0.25) is 0 Å². The molecule has 25 heavy (non-hydrogen) atoms. The molecule has 0 saturated carbocycles. The van der Waals surface area contributed by atoms with Gasteiger partial charge in [0, 0.05) is 422 Å². The smallest absolute Gasteiger partial charge is 0 e. The van der Waals surface area contributed by atoms with Gasteiger partial charge in [-0.25, -0.2) is 0 Å². The molecule has 0 bridgehead atoms. The van der Waals surface area contributed by atoms with E-state index in [2.05, 4.69) is 0 Å². The Kier molecular flexibility index (Phi) is 1770. The topological polar surface area (TPSA) is 0 Å². The molecule has 0 aromatic heterocycles. The van der Waals surface area contributed by atoms with Gasteiger partial charge in [0.25, 0.3) is 0 Å². The maximum Gasteiger partial charge on any atom is 0 e. The van der Waals surface area contributed by atoms with E-state index >= 15 is 0 Å². The molecule has 0 N–H and O–H groups in total. The van der Waals surface area contributed by atoms with Crippen molar-refractivity contribution >= 4 is 97.2 Å². The summed E-state index contributed by atoms with van der Waals surface area (Å²) in [6.07, 6.45) is 0. The fourth-order valence-corrected chi connectivity index (χ4v) is 0. The van der Waals surface area contributed by atoms with Crippen LogP contribution in [0, 0.1) is 129 Å². The zero-order valence-electron chi connectivity index (χ0n) is 12.5. The second-order valence-corrected chi connectivity index (χ2v) is 0. The molecule has 0 rings (SSSR count). The standard InChI is InChI=1S/Bi.Cd.Ce.Co.Cr.Cu.Fe.Ga.Ir.K.Li.Mn.Mo.Na.Ni.Pb.Pd.Pt.Rh.Sn.Ta.Th.V.W.Yb.13H/q;;;;;;;;;2*+1;;;+1;;;;;;;;;;;;;;;;;;;;;;;;-1. The average molecular weight is 2800 g/mol. The normalized spacial score (nSPS) is 0. The molecule has 0 atom stereocenters. The number of hydrogen-bond donors (Lipinski definition) is 0. The first-order chi connectivity index (χ1) is 0. The van der Waals surface area contributed by atoms with Crippen LogP contribution < -0.4 is 99.8 Å². The van der Waals surface area contributed by atoms with Gasteiger partial charge in [-0.2, -0.15) is 0 Å². The van der Waals surface area contributed by atoms with Crippen LogP contribution in [0.1, 0.15) is 1.43 Å². The Morgan fingerprint density at radius 3 is 1.04 bits per heavy atom. The zero-order chi connectivity index (χ0) is 0. The van der Waals surface area contributed by atoms with Gasteiger partial charge in [-0.1, -0.05) is 0 Å². The molecule has 0 heterocycles. The summed E-state index contributed by atoms with van der Waals surface area (Å²) in [4.78, 5) is 0. The third kappa shape index (κ3) is 194. The first-order valence-electron chi connectivity index (χ1n) is 0. The molecule has 0 nitrogen and oxygen atoms in total. The van der Waals surface area contributed by atoms with Crippen LogP contribution in [-0.2, 0) is 293 Å². The van der Waals surface area contributed by atoms with Crippen LogP contribution in [0.25, 0.3) is 0 Å². The largest absolute Gasteiger partial charge is 0 e. The van der Waals surface area contributed by atoms with Crippen LogP contribution in [0.4, 0.5) is 0 Å². The van der Waals surface area contributed by atoms with Crippen molar-refractivity contribution in [2.75, 3.05) is 0 Å². The van der Waals surface area contributed by atoms with Gasteiger partial charge < -0.3 is 1.43 Å².